The summed E-state index contributed by atoms with van der Waals surface area (Å²) in [5, 5.41) is 0.129. The number of rotatable bonds is 3. The van der Waals surface area contributed by atoms with Crippen LogP contribution in [0.25, 0.3) is 0 Å². The largest absolute Gasteiger partial charge is 0.303 e. The topological polar surface area (TPSA) is 17.1 Å². The lowest BCUT2D eigenvalue weighted by molar-refractivity contribution is -0.112. The summed E-state index contributed by atoms with van der Waals surface area (Å²) in [5.74, 6) is -0.411. The van der Waals surface area contributed by atoms with Gasteiger partial charge in [-0.3, -0.25) is 0 Å². The second kappa shape index (κ2) is 3.35. The van der Waals surface area contributed by atoms with Gasteiger partial charge in [0.1, 0.15) is 12.1 Å². The molecule has 14 heavy (non-hydrogen) atoms. The minimum atomic E-state index is -0.411. The van der Waals surface area contributed by atoms with Gasteiger partial charge in [-0.05, 0) is 37.0 Å². The molecule has 1 aliphatic rings. The van der Waals surface area contributed by atoms with E-state index in [9.17, 15) is 9.18 Å². The van der Waals surface area contributed by atoms with Gasteiger partial charge in [-0.15, -0.1) is 0 Å². The molecule has 1 saturated carbocycles. The molecule has 0 heterocycles. The van der Waals surface area contributed by atoms with Crippen molar-refractivity contribution in [2.75, 3.05) is 0 Å². The summed E-state index contributed by atoms with van der Waals surface area (Å²) in [4.78, 5) is 10.7. The summed E-state index contributed by atoms with van der Waals surface area (Å²) in [7, 11) is 0. The van der Waals surface area contributed by atoms with E-state index in [0.717, 1.165) is 24.7 Å². The Hall–Kier alpha value is -0.890. The Bertz CT molecular complexity index is 372. The zero-order valence-corrected chi connectivity index (χ0v) is 8.35. The lowest BCUT2D eigenvalue weighted by Crippen LogP contribution is -2.06. The number of hydrogen-bond donors (Lipinski definition) is 0. The third-order valence-electron chi connectivity index (χ3n) is 2.68. The quantitative estimate of drug-likeness (QED) is 0.704. The lowest BCUT2D eigenvalue weighted by atomic mass is 9.98. The van der Waals surface area contributed by atoms with Crippen molar-refractivity contribution < 1.29 is 9.18 Å². The lowest BCUT2D eigenvalue weighted by Gasteiger charge is -2.06. The molecule has 2 rings (SSSR count). The van der Waals surface area contributed by atoms with Gasteiger partial charge < -0.3 is 4.79 Å². The molecule has 0 radical (unpaired) electrons. The monoisotopic (exact) mass is 212 g/mol. The highest BCUT2D eigenvalue weighted by atomic mass is 35.5. The summed E-state index contributed by atoms with van der Waals surface area (Å²) < 4.78 is 13.1. The third kappa shape index (κ3) is 1.80. The zero-order chi connectivity index (χ0) is 10.2. The minimum Gasteiger partial charge on any atom is -0.303 e. The molecule has 1 nitrogen and oxygen atoms in total. The van der Waals surface area contributed by atoms with Crippen molar-refractivity contribution in [1.82, 2.24) is 0 Å². The highest BCUT2D eigenvalue weighted by Gasteiger charge is 2.42. The molecular weight excluding hydrogens is 203 g/mol. The van der Waals surface area contributed by atoms with Gasteiger partial charge in [-0.25, -0.2) is 4.39 Å². The fourth-order valence-corrected chi connectivity index (χ4v) is 1.67. The van der Waals surface area contributed by atoms with Crippen molar-refractivity contribution in [2.24, 2.45) is 5.41 Å². The first kappa shape index (κ1) is 9.66. The van der Waals surface area contributed by atoms with Gasteiger partial charge in [0.15, 0.2) is 0 Å². The van der Waals surface area contributed by atoms with Crippen LogP contribution in [0.2, 0.25) is 5.02 Å². The van der Waals surface area contributed by atoms with Crippen LogP contribution in [0, 0.1) is 11.2 Å². The Morgan fingerprint density at radius 3 is 2.71 bits per heavy atom. The molecule has 74 valence electrons. The van der Waals surface area contributed by atoms with E-state index in [1.807, 2.05) is 0 Å². The van der Waals surface area contributed by atoms with Gasteiger partial charge in [-0.1, -0.05) is 17.7 Å². The molecule has 0 unspecified atom stereocenters. The predicted molar refractivity (Wildman–Crippen MR) is 52.8 cm³/mol. The number of benzene rings is 1. The number of halogens is 2. The Labute approximate surface area is 86.9 Å². The number of hydrogen-bond acceptors (Lipinski definition) is 1. The Balaban J connectivity index is 2.17. The van der Waals surface area contributed by atoms with Crippen LogP contribution in [0.3, 0.4) is 0 Å². The molecule has 0 aromatic heterocycles. The molecule has 1 aromatic carbocycles. The van der Waals surface area contributed by atoms with Crippen molar-refractivity contribution in [3.63, 3.8) is 0 Å². The Kier molecular flexibility index (Phi) is 2.31. The Morgan fingerprint density at radius 1 is 1.50 bits per heavy atom. The second-order valence-corrected chi connectivity index (χ2v) is 4.31. The van der Waals surface area contributed by atoms with Gasteiger partial charge >= 0.3 is 0 Å². The summed E-state index contributed by atoms with van der Waals surface area (Å²) >= 11 is 5.56. The summed E-state index contributed by atoms with van der Waals surface area (Å²) in [5.41, 5.74) is 0.636. The number of carbonyl (C=O) groups is 1. The van der Waals surface area contributed by atoms with E-state index in [-0.39, 0.29) is 10.4 Å². The van der Waals surface area contributed by atoms with E-state index in [0.29, 0.717) is 6.42 Å². The molecule has 0 bridgehead atoms. The first-order valence-corrected chi connectivity index (χ1v) is 4.93. The molecule has 0 amide bonds. The van der Waals surface area contributed by atoms with E-state index in [1.54, 1.807) is 6.07 Å². The van der Waals surface area contributed by atoms with Crippen molar-refractivity contribution >= 4 is 17.9 Å². The molecule has 0 saturated heterocycles. The van der Waals surface area contributed by atoms with Gasteiger partial charge in [0, 0.05) is 5.41 Å². The van der Waals surface area contributed by atoms with Crippen LogP contribution in [-0.2, 0) is 11.2 Å². The summed E-state index contributed by atoms with van der Waals surface area (Å²) in [6.07, 6.45) is 3.45. The normalized spacial score (nSPS) is 17.9. The van der Waals surface area contributed by atoms with E-state index >= 15 is 0 Å². The second-order valence-electron chi connectivity index (χ2n) is 3.91. The van der Waals surface area contributed by atoms with E-state index < -0.39 is 5.82 Å². The van der Waals surface area contributed by atoms with Crippen molar-refractivity contribution in [3.8, 4) is 0 Å². The smallest absolute Gasteiger partial charge is 0.142 e. The SMILES string of the molecule is O=CC1(Cc2ccc(Cl)c(F)c2)CC1. The van der Waals surface area contributed by atoms with E-state index in [4.69, 9.17) is 11.6 Å². The fraction of sp³-hybridized carbons (Fsp3) is 0.364. The first-order valence-electron chi connectivity index (χ1n) is 4.55. The average Bonchev–Trinajstić information content (AvgIpc) is 2.93. The fourth-order valence-electron chi connectivity index (χ4n) is 1.55. The molecule has 0 N–H and O–H groups in total. The van der Waals surface area contributed by atoms with Crippen LogP contribution in [0.15, 0.2) is 18.2 Å². The first-order chi connectivity index (χ1) is 6.65. The maximum absolute atomic E-state index is 13.1. The highest BCUT2D eigenvalue weighted by molar-refractivity contribution is 6.30. The van der Waals surface area contributed by atoms with Crippen LogP contribution in [-0.4, -0.2) is 6.29 Å². The molecule has 0 spiro atoms. The van der Waals surface area contributed by atoms with Crippen molar-refractivity contribution in [1.29, 1.82) is 0 Å². The minimum absolute atomic E-state index is 0.129. The molecule has 1 aromatic rings. The molecule has 1 aliphatic carbocycles. The molecule has 0 aliphatic heterocycles. The van der Waals surface area contributed by atoms with Gasteiger partial charge in [0.05, 0.1) is 5.02 Å². The van der Waals surface area contributed by atoms with Crippen LogP contribution >= 0.6 is 11.6 Å². The van der Waals surface area contributed by atoms with E-state index in [1.165, 1.54) is 12.1 Å². The van der Waals surface area contributed by atoms with Crippen LogP contribution in [0.1, 0.15) is 18.4 Å². The van der Waals surface area contributed by atoms with Crippen LogP contribution < -0.4 is 0 Å². The summed E-state index contributed by atoms with van der Waals surface area (Å²) in [6.45, 7) is 0. The molecule has 0 atom stereocenters. The highest BCUT2D eigenvalue weighted by Crippen LogP contribution is 2.46. The number of carbonyl (C=O) groups excluding carboxylic acids is 1. The summed E-state index contributed by atoms with van der Waals surface area (Å²) in [6, 6.07) is 4.72. The maximum atomic E-state index is 13.1. The van der Waals surface area contributed by atoms with Crippen molar-refractivity contribution in [2.45, 2.75) is 19.3 Å². The van der Waals surface area contributed by atoms with Gasteiger partial charge in [-0.2, -0.15) is 0 Å². The maximum Gasteiger partial charge on any atom is 0.142 e. The van der Waals surface area contributed by atoms with E-state index in [2.05, 4.69) is 0 Å². The Morgan fingerprint density at radius 2 is 2.21 bits per heavy atom. The third-order valence-corrected chi connectivity index (χ3v) is 2.99. The standard InChI is InChI=1S/C11H10ClFO/c12-9-2-1-8(5-10(9)13)6-11(7-14)3-4-11/h1-2,5,7H,3-4,6H2. The van der Waals surface area contributed by atoms with Crippen molar-refractivity contribution in [3.05, 3.63) is 34.6 Å². The molecule has 3 heteroatoms. The van der Waals surface area contributed by atoms with Gasteiger partial charge in [0.2, 0.25) is 0 Å². The zero-order valence-electron chi connectivity index (χ0n) is 7.59. The van der Waals surface area contributed by atoms with Gasteiger partial charge in [0.25, 0.3) is 0 Å². The average molecular weight is 213 g/mol. The molecule has 1 fully saturated rings. The van der Waals surface area contributed by atoms with Crippen LogP contribution in [0.5, 0.6) is 0 Å². The van der Waals surface area contributed by atoms with Crippen LogP contribution in [0.4, 0.5) is 4.39 Å². The predicted octanol–water partition coefficient (Wildman–Crippen LogP) is 3.00. The molecular formula is C11H10ClFO. The number of aldehydes is 1.